The van der Waals surface area contributed by atoms with Crippen molar-refractivity contribution in [1.29, 1.82) is 0 Å². The van der Waals surface area contributed by atoms with E-state index < -0.39 is 17.9 Å². The van der Waals surface area contributed by atoms with Crippen LogP contribution in [-0.4, -0.2) is 34.7 Å². The fourth-order valence-electron chi connectivity index (χ4n) is 1.46. The van der Waals surface area contributed by atoms with E-state index in [1.165, 1.54) is 0 Å². The van der Waals surface area contributed by atoms with E-state index in [9.17, 15) is 9.59 Å². The van der Waals surface area contributed by atoms with Crippen LogP contribution in [0.1, 0.15) is 22.3 Å². The molecule has 3 N–H and O–H groups in total. The lowest BCUT2D eigenvalue weighted by Gasteiger charge is -2.14. The van der Waals surface area contributed by atoms with Crippen LogP contribution in [-0.2, 0) is 4.79 Å². The Bertz CT molecular complexity index is 461. The fraction of sp³-hybridized carbons (Fsp3) is 0.333. The molecular weight excluding hydrogens is 302 g/mol. The number of aliphatic carboxylic acids is 1. The van der Waals surface area contributed by atoms with Gasteiger partial charge in [-0.2, -0.15) is 0 Å². The van der Waals surface area contributed by atoms with E-state index in [1.54, 1.807) is 25.1 Å². The topological polar surface area (TPSA) is 86.6 Å². The third kappa shape index (κ3) is 3.82. The molecule has 1 rings (SSSR count). The number of carbonyl (C=O) groups is 2. The summed E-state index contributed by atoms with van der Waals surface area (Å²) in [4.78, 5) is 22.8. The maximum atomic E-state index is 11.9. The molecule has 0 spiro atoms. The lowest BCUT2D eigenvalue weighted by Crippen LogP contribution is -2.41. The van der Waals surface area contributed by atoms with Crippen LogP contribution < -0.4 is 5.32 Å². The molecule has 1 aromatic carbocycles. The van der Waals surface area contributed by atoms with Crippen molar-refractivity contribution in [2.45, 2.75) is 19.4 Å². The van der Waals surface area contributed by atoms with Gasteiger partial charge in [-0.3, -0.25) is 4.79 Å². The summed E-state index contributed by atoms with van der Waals surface area (Å²) in [6, 6.07) is 4.11. The van der Waals surface area contributed by atoms with Crippen LogP contribution in [0.3, 0.4) is 0 Å². The molecule has 0 aliphatic carbocycles. The summed E-state index contributed by atoms with van der Waals surface area (Å²) in [5, 5.41) is 20.0. The van der Waals surface area contributed by atoms with Gasteiger partial charge in [0.05, 0.1) is 0 Å². The van der Waals surface area contributed by atoms with Crippen molar-refractivity contribution in [2.24, 2.45) is 0 Å². The van der Waals surface area contributed by atoms with Gasteiger partial charge in [0.15, 0.2) is 0 Å². The van der Waals surface area contributed by atoms with Gasteiger partial charge in [0.25, 0.3) is 5.91 Å². The molecule has 0 unspecified atom stereocenters. The van der Waals surface area contributed by atoms with Gasteiger partial charge in [-0.15, -0.1) is 0 Å². The standard InChI is InChI=1S/C12H14BrNO4/c1-7-2-3-8(13)6-9(7)11(16)14-10(4-5-15)12(17)18/h2-3,6,10,15H,4-5H2,1H3,(H,14,16)(H,17,18)/t10-/m1/s1. The van der Waals surface area contributed by atoms with E-state index in [0.717, 1.165) is 10.0 Å². The molecule has 98 valence electrons. The van der Waals surface area contributed by atoms with Gasteiger partial charge in [-0.25, -0.2) is 4.79 Å². The lowest BCUT2D eigenvalue weighted by atomic mass is 10.1. The number of amides is 1. The van der Waals surface area contributed by atoms with Gasteiger partial charge >= 0.3 is 5.97 Å². The number of hydrogen-bond acceptors (Lipinski definition) is 3. The van der Waals surface area contributed by atoms with Crippen LogP contribution in [0.4, 0.5) is 0 Å². The van der Waals surface area contributed by atoms with Crippen molar-refractivity contribution in [3.8, 4) is 0 Å². The fourth-order valence-corrected chi connectivity index (χ4v) is 1.82. The van der Waals surface area contributed by atoms with Gasteiger partial charge in [0, 0.05) is 23.1 Å². The largest absolute Gasteiger partial charge is 0.480 e. The number of rotatable bonds is 5. The summed E-state index contributed by atoms with van der Waals surface area (Å²) in [5.41, 5.74) is 1.16. The molecule has 1 amide bonds. The number of aliphatic hydroxyl groups is 1. The van der Waals surface area contributed by atoms with Gasteiger partial charge < -0.3 is 15.5 Å². The number of carboxylic acid groups (broad SMARTS) is 1. The van der Waals surface area contributed by atoms with Crippen LogP contribution >= 0.6 is 15.9 Å². The summed E-state index contributed by atoms with van der Waals surface area (Å²) in [6.45, 7) is 1.47. The van der Waals surface area contributed by atoms with E-state index in [1.807, 2.05) is 0 Å². The van der Waals surface area contributed by atoms with Crippen molar-refractivity contribution in [2.75, 3.05) is 6.61 Å². The molecule has 0 heterocycles. The number of carbonyl (C=O) groups excluding carboxylic acids is 1. The predicted octanol–water partition coefficient (Wildman–Crippen LogP) is 1.32. The van der Waals surface area contributed by atoms with Crippen LogP contribution in [0.2, 0.25) is 0 Å². The molecule has 0 saturated heterocycles. The number of halogens is 1. The number of benzene rings is 1. The first-order valence-electron chi connectivity index (χ1n) is 5.36. The monoisotopic (exact) mass is 315 g/mol. The van der Waals surface area contributed by atoms with Gasteiger partial charge in [0.2, 0.25) is 0 Å². The smallest absolute Gasteiger partial charge is 0.326 e. The summed E-state index contributed by atoms with van der Waals surface area (Å²) in [6.07, 6.45) is -0.0197. The first-order chi connectivity index (χ1) is 8.45. The Balaban J connectivity index is 2.86. The molecule has 0 radical (unpaired) electrons. The number of aryl methyl sites for hydroxylation is 1. The Morgan fingerprint density at radius 2 is 2.11 bits per heavy atom. The second-order valence-corrected chi connectivity index (χ2v) is 4.75. The van der Waals surface area contributed by atoms with Crippen molar-refractivity contribution in [3.63, 3.8) is 0 Å². The van der Waals surface area contributed by atoms with Crippen molar-refractivity contribution in [3.05, 3.63) is 33.8 Å². The van der Waals surface area contributed by atoms with E-state index >= 15 is 0 Å². The molecule has 0 aliphatic rings. The molecule has 6 heteroatoms. The van der Waals surface area contributed by atoms with Crippen LogP contribution in [0.25, 0.3) is 0 Å². The molecule has 18 heavy (non-hydrogen) atoms. The van der Waals surface area contributed by atoms with E-state index in [4.69, 9.17) is 10.2 Å². The third-order valence-electron chi connectivity index (χ3n) is 2.47. The Morgan fingerprint density at radius 1 is 1.44 bits per heavy atom. The quantitative estimate of drug-likeness (QED) is 0.765. The number of hydrogen-bond donors (Lipinski definition) is 3. The summed E-state index contributed by atoms with van der Waals surface area (Å²) in [7, 11) is 0. The molecule has 0 aromatic heterocycles. The summed E-state index contributed by atoms with van der Waals surface area (Å²) in [5.74, 6) is -1.63. The lowest BCUT2D eigenvalue weighted by molar-refractivity contribution is -0.139. The first-order valence-corrected chi connectivity index (χ1v) is 6.15. The summed E-state index contributed by atoms with van der Waals surface area (Å²) < 4.78 is 0.743. The Labute approximate surface area is 113 Å². The number of carboxylic acids is 1. The SMILES string of the molecule is Cc1ccc(Br)cc1C(=O)N[C@H](CCO)C(=O)O. The Hall–Kier alpha value is -1.40. The highest BCUT2D eigenvalue weighted by Gasteiger charge is 2.20. The van der Waals surface area contributed by atoms with Crippen LogP contribution in [0.15, 0.2) is 22.7 Å². The molecule has 0 fully saturated rings. The van der Waals surface area contributed by atoms with Crippen molar-refractivity contribution >= 4 is 27.8 Å². The van der Waals surface area contributed by atoms with E-state index in [0.29, 0.717) is 5.56 Å². The number of nitrogens with one attached hydrogen (secondary N) is 1. The van der Waals surface area contributed by atoms with Crippen molar-refractivity contribution in [1.82, 2.24) is 5.32 Å². The molecule has 1 atom stereocenters. The number of aliphatic hydroxyl groups excluding tert-OH is 1. The first kappa shape index (κ1) is 14.7. The van der Waals surface area contributed by atoms with Gasteiger partial charge in [-0.05, 0) is 24.6 Å². The minimum atomic E-state index is -1.16. The maximum absolute atomic E-state index is 11.9. The molecule has 0 aliphatic heterocycles. The zero-order chi connectivity index (χ0) is 13.7. The summed E-state index contributed by atoms with van der Waals surface area (Å²) >= 11 is 3.25. The van der Waals surface area contributed by atoms with Crippen molar-refractivity contribution < 1.29 is 19.8 Å². The van der Waals surface area contributed by atoms with Gasteiger partial charge in [0.1, 0.15) is 6.04 Å². The highest BCUT2D eigenvalue weighted by Crippen LogP contribution is 2.16. The van der Waals surface area contributed by atoms with E-state index in [-0.39, 0.29) is 13.0 Å². The average Bonchev–Trinajstić information content (AvgIpc) is 2.31. The average molecular weight is 316 g/mol. The molecule has 1 aromatic rings. The minimum absolute atomic E-state index is 0.0197. The molecular formula is C12H14BrNO4. The van der Waals surface area contributed by atoms with Crippen LogP contribution in [0, 0.1) is 6.92 Å². The second-order valence-electron chi connectivity index (χ2n) is 3.84. The predicted molar refractivity (Wildman–Crippen MR) is 69.5 cm³/mol. The molecule has 5 nitrogen and oxygen atoms in total. The Morgan fingerprint density at radius 3 is 2.67 bits per heavy atom. The highest BCUT2D eigenvalue weighted by molar-refractivity contribution is 9.10. The molecule has 0 bridgehead atoms. The minimum Gasteiger partial charge on any atom is -0.480 e. The Kier molecular flexibility index (Phi) is 5.30. The zero-order valence-electron chi connectivity index (χ0n) is 9.81. The normalized spacial score (nSPS) is 11.9. The van der Waals surface area contributed by atoms with Crippen LogP contribution in [0.5, 0.6) is 0 Å². The molecule has 0 saturated carbocycles. The zero-order valence-corrected chi connectivity index (χ0v) is 11.4. The van der Waals surface area contributed by atoms with E-state index in [2.05, 4.69) is 21.2 Å². The maximum Gasteiger partial charge on any atom is 0.326 e. The highest BCUT2D eigenvalue weighted by atomic mass is 79.9. The third-order valence-corrected chi connectivity index (χ3v) is 2.96. The second kappa shape index (κ2) is 6.51. The van der Waals surface area contributed by atoms with Gasteiger partial charge in [-0.1, -0.05) is 22.0 Å².